The van der Waals surface area contributed by atoms with Crippen molar-refractivity contribution in [2.45, 2.75) is 10.1 Å². The van der Waals surface area contributed by atoms with Crippen molar-refractivity contribution in [3.63, 3.8) is 0 Å². The lowest BCUT2D eigenvalue weighted by Gasteiger charge is -2.09. The van der Waals surface area contributed by atoms with Gasteiger partial charge < -0.3 is 5.73 Å². The minimum absolute atomic E-state index is 0.0569. The molecule has 1 atom stereocenters. The predicted octanol–water partition coefficient (Wildman–Crippen LogP) is 0.575. The number of hydrogen-bond donors (Lipinski definition) is 2. The van der Waals surface area contributed by atoms with E-state index in [0.29, 0.717) is 5.02 Å². The molecule has 1 aliphatic rings. The molecular weight excluding hydrogens is 310 g/mol. The second-order valence-electron chi connectivity index (χ2n) is 3.70. The number of aliphatic imine (C=N–C) groups is 1. The number of amides is 1. The summed E-state index contributed by atoms with van der Waals surface area (Å²) in [5, 5.41) is -0.00980. The molecule has 3 N–H and O–H groups in total. The fraction of sp³-hybridized carbons (Fsp3) is 0.200. The molecular formula is C10H10ClN3O3S2. The second-order valence-corrected chi connectivity index (χ2v) is 7.13. The molecule has 102 valence electrons. The van der Waals surface area contributed by atoms with Crippen LogP contribution in [0.2, 0.25) is 5.02 Å². The lowest BCUT2D eigenvalue weighted by Crippen LogP contribution is -2.33. The van der Waals surface area contributed by atoms with Crippen molar-refractivity contribution in [3.8, 4) is 0 Å². The fourth-order valence-corrected chi connectivity index (χ4v) is 3.45. The van der Waals surface area contributed by atoms with Gasteiger partial charge in [0.05, 0.1) is 4.90 Å². The third-order valence-corrected chi connectivity index (χ3v) is 5.02. The van der Waals surface area contributed by atoms with Crippen molar-refractivity contribution in [2.75, 3.05) is 6.54 Å². The number of hydrogen-bond acceptors (Lipinski definition) is 5. The van der Waals surface area contributed by atoms with Gasteiger partial charge in [-0.3, -0.25) is 4.79 Å². The van der Waals surface area contributed by atoms with E-state index < -0.39 is 21.2 Å². The molecule has 0 saturated carbocycles. The summed E-state index contributed by atoms with van der Waals surface area (Å²) in [4.78, 5) is 14.9. The van der Waals surface area contributed by atoms with Crippen LogP contribution in [0.5, 0.6) is 0 Å². The Balaban J connectivity index is 2.03. The molecule has 0 bridgehead atoms. The molecule has 19 heavy (non-hydrogen) atoms. The van der Waals surface area contributed by atoms with E-state index in [1.807, 2.05) is 0 Å². The zero-order chi connectivity index (χ0) is 14.0. The summed E-state index contributed by atoms with van der Waals surface area (Å²) in [7, 11) is -3.67. The van der Waals surface area contributed by atoms with Crippen molar-refractivity contribution in [1.82, 2.24) is 4.72 Å². The molecule has 1 amide bonds. The molecule has 2 rings (SSSR count). The van der Waals surface area contributed by atoms with Crippen molar-refractivity contribution in [1.29, 1.82) is 0 Å². The summed E-state index contributed by atoms with van der Waals surface area (Å²) in [5.74, 6) is -0.429. The number of benzene rings is 1. The second kappa shape index (κ2) is 5.49. The van der Waals surface area contributed by atoms with Crippen LogP contribution in [0.15, 0.2) is 34.2 Å². The number of nitrogens with zero attached hydrogens (tertiary/aromatic N) is 1. The summed E-state index contributed by atoms with van der Waals surface area (Å²) in [6.45, 7) is -0.0569. The Morgan fingerprint density at radius 3 is 2.53 bits per heavy atom. The maximum atomic E-state index is 11.9. The van der Waals surface area contributed by atoms with Crippen LogP contribution in [0.4, 0.5) is 0 Å². The van der Waals surface area contributed by atoms with E-state index in [9.17, 15) is 13.2 Å². The normalized spacial score (nSPS) is 19.5. The molecule has 1 aromatic carbocycles. The Kier molecular flexibility index (Phi) is 4.14. The maximum absolute atomic E-state index is 11.9. The summed E-state index contributed by atoms with van der Waals surface area (Å²) >= 11 is 6.73. The highest BCUT2D eigenvalue weighted by molar-refractivity contribution is 8.15. The molecule has 9 heteroatoms. The smallest absolute Gasteiger partial charge is 0.262 e. The first-order valence-electron chi connectivity index (χ1n) is 5.18. The Hall–Kier alpha value is -1.09. The van der Waals surface area contributed by atoms with Crippen LogP contribution in [0.3, 0.4) is 0 Å². The molecule has 1 unspecified atom stereocenters. The molecule has 0 aliphatic carbocycles. The van der Waals surface area contributed by atoms with Crippen molar-refractivity contribution >= 4 is 44.5 Å². The highest BCUT2D eigenvalue weighted by atomic mass is 35.5. The molecule has 0 radical (unpaired) electrons. The van der Waals surface area contributed by atoms with Gasteiger partial charge in [-0.2, -0.15) is 4.99 Å². The Morgan fingerprint density at radius 1 is 1.37 bits per heavy atom. The van der Waals surface area contributed by atoms with E-state index in [1.54, 1.807) is 0 Å². The summed E-state index contributed by atoms with van der Waals surface area (Å²) < 4.78 is 26.2. The standard InChI is InChI=1S/C10H10ClN3O3S2/c11-6-1-3-7(4-2-6)19(16,17)13-5-8-9(15)14-10(12)18-8/h1-4,8,13H,5H2,(H2,12,14,15). The van der Waals surface area contributed by atoms with Gasteiger partial charge in [-0.15, -0.1) is 0 Å². The van der Waals surface area contributed by atoms with Crippen molar-refractivity contribution < 1.29 is 13.2 Å². The van der Waals surface area contributed by atoms with Gasteiger partial charge in [-0.05, 0) is 24.3 Å². The number of nitrogens with two attached hydrogens (primary N) is 1. The third-order valence-electron chi connectivity index (χ3n) is 2.34. The lowest BCUT2D eigenvalue weighted by molar-refractivity contribution is -0.116. The van der Waals surface area contributed by atoms with Crippen molar-refractivity contribution in [2.24, 2.45) is 10.7 Å². The highest BCUT2D eigenvalue weighted by Crippen LogP contribution is 2.20. The van der Waals surface area contributed by atoms with Gasteiger partial charge in [0.15, 0.2) is 5.17 Å². The summed E-state index contributed by atoms with van der Waals surface area (Å²) in [6.07, 6.45) is 0. The van der Waals surface area contributed by atoms with Gasteiger partial charge in [0, 0.05) is 11.6 Å². The Bertz CT molecular complexity index is 628. The molecule has 0 fully saturated rings. The molecule has 1 aliphatic heterocycles. The Labute approximate surface area is 119 Å². The number of rotatable bonds is 4. The quantitative estimate of drug-likeness (QED) is 0.845. The summed E-state index contributed by atoms with van der Waals surface area (Å²) in [6, 6.07) is 5.73. The summed E-state index contributed by atoms with van der Waals surface area (Å²) in [5.41, 5.74) is 5.38. The van der Waals surface area contributed by atoms with Crippen LogP contribution < -0.4 is 10.5 Å². The average molecular weight is 320 g/mol. The van der Waals surface area contributed by atoms with Gasteiger partial charge in [-0.1, -0.05) is 23.4 Å². The zero-order valence-corrected chi connectivity index (χ0v) is 11.9. The molecule has 0 spiro atoms. The number of sulfonamides is 1. The van der Waals surface area contributed by atoms with Crippen LogP contribution in [0, 0.1) is 0 Å². The third kappa shape index (κ3) is 3.47. The average Bonchev–Trinajstić information content (AvgIpc) is 2.66. The SMILES string of the molecule is NC1=NC(=O)C(CNS(=O)(=O)c2ccc(Cl)cc2)S1. The monoisotopic (exact) mass is 319 g/mol. The van der Waals surface area contributed by atoms with Gasteiger partial charge in [0.2, 0.25) is 10.0 Å². The van der Waals surface area contributed by atoms with E-state index in [-0.39, 0.29) is 16.6 Å². The number of carbonyl (C=O) groups is 1. The number of halogens is 1. The minimum Gasteiger partial charge on any atom is -0.378 e. The van der Waals surface area contributed by atoms with Crippen LogP contribution in [0.1, 0.15) is 0 Å². The molecule has 1 heterocycles. The molecule has 0 aromatic heterocycles. The van der Waals surface area contributed by atoms with Gasteiger partial charge in [-0.25, -0.2) is 13.1 Å². The zero-order valence-electron chi connectivity index (χ0n) is 9.54. The number of carbonyl (C=O) groups excluding carboxylic acids is 1. The van der Waals surface area contributed by atoms with E-state index in [1.165, 1.54) is 24.3 Å². The molecule has 1 aromatic rings. The van der Waals surface area contributed by atoms with Crippen molar-refractivity contribution in [3.05, 3.63) is 29.3 Å². The van der Waals surface area contributed by atoms with Gasteiger partial charge >= 0.3 is 0 Å². The Morgan fingerprint density at radius 2 is 2.00 bits per heavy atom. The van der Waals surface area contributed by atoms with Crippen LogP contribution in [-0.2, 0) is 14.8 Å². The van der Waals surface area contributed by atoms with E-state index in [0.717, 1.165) is 11.8 Å². The first-order chi connectivity index (χ1) is 8.88. The van der Waals surface area contributed by atoms with Gasteiger partial charge in [0.1, 0.15) is 5.25 Å². The van der Waals surface area contributed by atoms with E-state index in [2.05, 4.69) is 9.71 Å². The van der Waals surface area contributed by atoms with Crippen LogP contribution >= 0.6 is 23.4 Å². The minimum atomic E-state index is -3.67. The van der Waals surface area contributed by atoms with Crippen LogP contribution in [-0.4, -0.2) is 31.3 Å². The van der Waals surface area contributed by atoms with E-state index in [4.69, 9.17) is 17.3 Å². The number of thioether (sulfide) groups is 1. The van der Waals surface area contributed by atoms with Gasteiger partial charge in [0.25, 0.3) is 5.91 Å². The topological polar surface area (TPSA) is 102 Å². The first-order valence-corrected chi connectivity index (χ1v) is 7.92. The predicted molar refractivity (Wildman–Crippen MR) is 74.6 cm³/mol. The lowest BCUT2D eigenvalue weighted by atomic mass is 10.4. The number of amidine groups is 1. The largest absolute Gasteiger partial charge is 0.378 e. The molecule has 0 saturated heterocycles. The number of nitrogens with one attached hydrogen (secondary N) is 1. The maximum Gasteiger partial charge on any atom is 0.262 e. The van der Waals surface area contributed by atoms with Crippen LogP contribution in [0.25, 0.3) is 0 Å². The fourth-order valence-electron chi connectivity index (χ4n) is 1.41. The van der Waals surface area contributed by atoms with E-state index >= 15 is 0 Å². The first kappa shape index (κ1) is 14.3. The highest BCUT2D eigenvalue weighted by Gasteiger charge is 2.28. The molecule has 6 nitrogen and oxygen atoms in total.